The van der Waals surface area contributed by atoms with E-state index in [1.54, 1.807) is 30.0 Å². The van der Waals surface area contributed by atoms with E-state index in [0.29, 0.717) is 29.5 Å². The summed E-state index contributed by atoms with van der Waals surface area (Å²) in [5.41, 5.74) is 0.975. The first-order chi connectivity index (χ1) is 11.6. The largest absolute Gasteiger partial charge is 0.327 e. The van der Waals surface area contributed by atoms with Gasteiger partial charge in [-0.15, -0.1) is 0 Å². The number of carbonyl (C=O) groups excluding carboxylic acids is 1. The Balaban J connectivity index is 1.73. The minimum atomic E-state index is -0.620. The number of H-pyrrole nitrogens is 1. The van der Waals surface area contributed by atoms with Crippen LogP contribution in [-0.2, 0) is 0 Å². The van der Waals surface area contributed by atoms with Crippen molar-refractivity contribution in [3.63, 3.8) is 0 Å². The number of halogens is 1. The molecule has 0 radical (unpaired) electrons. The molecule has 7 nitrogen and oxygen atoms in total. The Morgan fingerprint density at radius 3 is 2.88 bits per heavy atom. The van der Waals surface area contributed by atoms with Crippen LogP contribution in [-0.4, -0.2) is 41.9 Å². The molecule has 1 amide bonds. The number of imidazole rings is 1. The smallest absolute Gasteiger partial charge is 0.277 e. The van der Waals surface area contributed by atoms with Gasteiger partial charge in [0.1, 0.15) is 11.5 Å². The zero-order valence-corrected chi connectivity index (χ0v) is 13.5. The Kier molecular flexibility index (Phi) is 3.33. The lowest BCUT2D eigenvalue weighted by molar-refractivity contribution is 0.0719. The van der Waals surface area contributed by atoms with E-state index in [-0.39, 0.29) is 11.7 Å². The molecule has 1 N–H and O–H groups in total. The molecule has 3 aromatic rings. The van der Waals surface area contributed by atoms with Crippen molar-refractivity contribution in [3.05, 3.63) is 47.2 Å². The SMILES string of the molecule is Cc1nc(C2CCCN2C(=O)c2nc3cccc(C)n3c2F)n[nH]1. The number of likely N-dealkylation sites (tertiary alicyclic amines) is 1. The van der Waals surface area contributed by atoms with Gasteiger partial charge in [-0.25, -0.2) is 9.97 Å². The summed E-state index contributed by atoms with van der Waals surface area (Å²) in [4.78, 5) is 23.0. The minimum absolute atomic E-state index is 0.150. The van der Waals surface area contributed by atoms with Gasteiger partial charge in [0, 0.05) is 12.2 Å². The third-order valence-electron chi connectivity index (χ3n) is 4.41. The molecule has 0 spiro atoms. The zero-order valence-electron chi connectivity index (χ0n) is 13.5. The molecule has 0 aliphatic carbocycles. The first-order valence-corrected chi connectivity index (χ1v) is 7.89. The van der Waals surface area contributed by atoms with Crippen LogP contribution in [0.15, 0.2) is 18.2 Å². The van der Waals surface area contributed by atoms with Crippen molar-refractivity contribution in [1.82, 2.24) is 29.5 Å². The second kappa shape index (κ2) is 5.40. The highest BCUT2D eigenvalue weighted by molar-refractivity contribution is 5.93. The highest BCUT2D eigenvalue weighted by Gasteiger charge is 2.35. The summed E-state index contributed by atoms with van der Waals surface area (Å²) in [6.45, 7) is 4.13. The van der Waals surface area contributed by atoms with Crippen LogP contribution in [0.4, 0.5) is 4.39 Å². The van der Waals surface area contributed by atoms with Crippen molar-refractivity contribution in [1.29, 1.82) is 0 Å². The van der Waals surface area contributed by atoms with Gasteiger partial charge in [0.05, 0.1) is 6.04 Å². The second-order valence-corrected chi connectivity index (χ2v) is 6.05. The molecule has 3 aromatic heterocycles. The lowest BCUT2D eigenvalue weighted by Gasteiger charge is -2.21. The number of fused-ring (bicyclic) bond motifs is 1. The lowest BCUT2D eigenvalue weighted by atomic mass is 10.2. The fourth-order valence-electron chi connectivity index (χ4n) is 3.27. The Labute approximate surface area is 137 Å². The molecule has 4 heterocycles. The highest BCUT2D eigenvalue weighted by atomic mass is 19.1. The fourth-order valence-corrected chi connectivity index (χ4v) is 3.27. The molecule has 1 aliphatic heterocycles. The Morgan fingerprint density at radius 2 is 2.17 bits per heavy atom. The Hall–Kier alpha value is -2.77. The third kappa shape index (κ3) is 2.17. The maximum atomic E-state index is 14.7. The van der Waals surface area contributed by atoms with E-state index in [2.05, 4.69) is 20.2 Å². The normalized spacial score (nSPS) is 17.8. The van der Waals surface area contributed by atoms with Crippen LogP contribution in [0.3, 0.4) is 0 Å². The van der Waals surface area contributed by atoms with Crippen molar-refractivity contribution >= 4 is 11.6 Å². The van der Waals surface area contributed by atoms with E-state index in [1.807, 2.05) is 6.92 Å². The van der Waals surface area contributed by atoms with E-state index in [4.69, 9.17) is 0 Å². The summed E-state index contributed by atoms with van der Waals surface area (Å²) in [6, 6.07) is 5.02. The molecule has 1 atom stereocenters. The summed E-state index contributed by atoms with van der Waals surface area (Å²) in [5, 5.41) is 6.95. The number of aromatic amines is 1. The molecule has 0 bridgehead atoms. The molecule has 1 saturated heterocycles. The predicted molar refractivity (Wildman–Crippen MR) is 84.0 cm³/mol. The van der Waals surface area contributed by atoms with Gasteiger partial charge in [0.25, 0.3) is 5.91 Å². The first-order valence-electron chi connectivity index (χ1n) is 7.89. The maximum absolute atomic E-state index is 14.7. The van der Waals surface area contributed by atoms with E-state index in [9.17, 15) is 9.18 Å². The van der Waals surface area contributed by atoms with Gasteiger partial charge in [-0.1, -0.05) is 6.07 Å². The zero-order chi connectivity index (χ0) is 16.8. The number of aryl methyl sites for hydroxylation is 2. The Bertz CT molecular complexity index is 930. The summed E-state index contributed by atoms with van der Waals surface area (Å²) in [5.74, 6) is 0.225. The van der Waals surface area contributed by atoms with Gasteiger partial charge in [-0.05, 0) is 38.8 Å². The molecular formula is C16H17FN6O. The van der Waals surface area contributed by atoms with E-state index < -0.39 is 11.9 Å². The minimum Gasteiger partial charge on any atom is -0.327 e. The van der Waals surface area contributed by atoms with Gasteiger partial charge < -0.3 is 4.90 Å². The van der Waals surface area contributed by atoms with Crippen LogP contribution >= 0.6 is 0 Å². The molecule has 1 unspecified atom stereocenters. The van der Waals surface area contributed by atoms with Crippen molar-refractivity contribution in [2.24, 2.45) is 0 Å². The van der Waals surface area contributed by atoms with Crippen molar-refractivity contribution in [2.75, 3.05) is 6.54 Å². The average Bonchev–Trinajstić information content (AvgIpc) is 3.25. The number of rotatable bonds is 2. The maximum Gasteiger partial charge on any atom is 0.277 e. The molecule has 24 heavy (non-hydrogen) atoms. The number of hydrogen-bond donors (Lipinski definition) is 1. The van der Waals surface area contributed by atoms with Crippen LogP contribution in [0.2, 0.25) is 0 Å². The van der Waals surface area contributed by atoms with Gasteiger partial charge in [-0.3, -0.25) is 14.3 Å². The molecule has 8 heteroatoms. The van der Waals surface area contributed by atoms with Crippen LogP contribution in [0.1, 0.15) is 46.7 Å². The molecule has 124 valence electrons. The number of amides is 1. The number of carbonyl (C=O) groups is 1. The van der Waals surface area contributed by atoms with E-state index in [1.165, 1.54) is 4.40 Å². The molecule has 1 fully saturated rings. The quantitative estimate of drug-likeness (QED) is 0.782. The first kappa shape index (κ1) is 14.8. The lowest BCUT2D eigenvalue weighted by Crippen LogP contribution is -2.32. The van der Waals surface area contributed by atoms with Crippen LogP contribution < -0.4 is 0 Å². The summed E-state index contributed by atoms with van der Waals surface area (Å²) < 4.78 is 16.1. The molecule has 1 aliphatic rings. The summed E-state index contributed by atoms with van der Waals surface area (Å²) in [7, 11) is 0. The van der Waals surface area contributed by atoms with Gasteiger partial charge >= 0.3 is 0 Å². The molecule has 0 saturated carbocycles. The molecule has 4 rings (SSSR count). The number of nitrogens with zero attached hydrogens (tertiary/aromatic N) is 5. The van der Waals surface area contributed by atoms with E-state index in [0.717, 1.165) is 12.8 Å². The number of pyridine rings is 1. The topological polar surface area (TPSA) is 79.2 Å². The standard InChI is InChI=1S/C16H17FN6O/c1-9-5-3-7-12-19-13(14(17)23(9)12)16(24)22-8-4-6-11(22)15-18-10(2)20-21-15/h3,5,7,11H,4,6,8H2,1-2H3,(H,18,20,21). The van der Waals surface area contributed by atoms with Crippen molar-refractivity contribution in [2.45, 2.75) is 32.7 Å². The van der Waals surface area contributed by atoms with Gasteiger partial charge in [-0.2, -0.15) is 9.49 Å². The predicted octanol–water partition coefficient (Wildman–Crippen LogP) is 2.19. The summed E-state index contributed by atoms with van der Waals surface area (Å²) >= 11 is 0. The van der Waals surface area contributed by atoms with Crippen molar-refractivity contribution in [3.8, 4) is 0 Å². The number of nitrogens with one attached hydrogen (secondary N) is 1. The van der Waals surface area contributed by atoms with Crippen LogP contribution in [0, 0.1) is 19.8 Å². The molecular weight excluding hydrogens is 311 g/mol. The van der Waals surface area contributed by atoms with Gasteiger partial charge in [0.15, 0.2) is 11.5 Å². The van der Waals surface area contributed by atoms with E-state index >= 15 is 0 Å². The van der Waals surface area contributed by atoms with Crippen molar-refractivity contribution < 1.29 is 9.18 Å². The summed E-state index contributed by atoms with van der Waals surface area (Å²) in [6.07, 6.45) is 1.59. The Morgan fingerprint density at radius 1 is 1.33 bits per heavy atom. The highest BCUT2D eigenvalue weighted by Crippen LogP contribution is 2.31. The second-order valence-electron chi connectivity index (χ2n) is 6.05. The van der Waals surface area contributed by atoms with Crippen LogP contribution in [0.5, 0.6) is 0 Å². The number of aromatic nitrogens is 5. The average molecular weight is 328 g/mol. The number of hydrogen-bond acceptors (Lipinski definition) is 4. The third-order valence-corrected chi connectivity index (χ3v) is 4.41. The monoisotopic (exact) mass is 328 g/mol. The van der Waals surface area contributed by atoms with Gasteiger partial charge in [0.2, 0.25) is 5.95 Å². The molecule has 0 aromatic carbocycles. The van der Waals surface area contributed by atoms with Crippen LogP contribution in [0.25, 0.3) is 5.65 Å². The fraction of sp³-hybridized carbons (Fsp3) is 0.375.